The van der Waals surface area contributed by atoms with Gasteiger partial charge in [-0.1, -0.05) is 64.0 Å². The Bertz CT molecular complexity index is 384. The van der Waals surface area contributed by atoms with E-state index < -0.39 is 8.80 Å². The Kier molecular flexibility index (Phi) is 17.4. The minimum absolute atomic E-state index is 0.108. The summed E-state index contributed by atoms with van der Waals surface area (Å²) in [6.45, 7) is 6.55. The topological polar surface area (TPSA) is 53.7 Å². The normalized spacial score (nSPS) is 14.0. The van der Waals surface area contributed by atoms with Crippen molar-refractivity contribution in [1.29, 1.82) is 0 Å². The summed E-state index contributed by atoms with van der Waals surface area (Å²) in [6.07, 6.45) is 21.2. The molecule has 0 aliphatic carbocycles. The van der Waals surface area contributed by atoms with Gasteiger partial charge in [-0.15, -0.1) is 0 Å². The number of nitrogens with two attached hydrogens (primary N) is 1. The molecule has 5 heteroatoms. The summed E-state index contributed by atoms with van der Waals surface area (Å²) in [6, 6.07) is 0.876. The van der Waals surface area contributed by atoms with Gasteiger partial charge in [-0.2, -0.15) is 0 Å². The molecule has 0 rings (SSSR count). The highest BCUT2D eigenvalue weighted by molar-refractivity contribution is 6.60. The van der Waals surface area contributed by atoms with Crippen LogP contribution in [0.4, 0.5) is 0 Å². The molecule has 0 radical (unpaired) electrons. The third-order valence-electron chi connectivity index (χ3n) is 5.72. The van der Waals surface area contributed by atoms with Crippen LogP contribution in [0.5, 0.6) is 0 Å². The molecule has 0 saturated heterocycles. The summed E-state index contributed by atoms with van der Waals surface area (Å²) in [5.74, 6) is 0.668. The molecule has 1 atom stereocenters. The number of hydrogen-bond acceptors (Lipinski definition) is 4. The molecule has 0 aliphatic rings. The van der Waals surface area contributed by atoms with Crippen LogP contribution in [0.2, 0.25) is 6.04 Å². The highest BCUT2D eigenvalue weighted by Gasteiger charge is 2.37. The molecule has 0 aromatic rings. The lowest BCUT2D eigenvalue weighted by Gasteiger charge is -2.28. The van der Waals surface area contributed by atoms with Crippen molar-refractivity contribution >= 4 is 8.80 Å². The first-order chi connectivity index (χ1) is 13.8. The van der Waals surface area contributed by atoms with Crippen molar-refractivity contribution in [3.8, 4) is 0 Å². The second kappa shape index (κ2) is 17.5. The minimum atomic E-state index is -2.45. The average Bonchev–Trinajstić information content (AvgIpc) is 2.68. The smallest absolute Gasteiger partial charge is 0.377 e. The van der Waals surface area contributed by atoms with Gasteiger partial charge in [0.15, 0.2) is 0 Å². The molecule has 0 spiro atoms. The fourth-order valence-electron chi connectivity index (χ4n) is 4.05. The number of hydrogen-bond donors (Lipinski definition) is 1. The molecule has 0 saturated carbocycles. The van der Waals surface area contributed by atoms with E-state index in [2.05, 4.69) is 32.9 Å². The van der Waals surface area contributed by atoms with E-state index >= 15 is 0 Å². The summed E-state index contributed by atoms with van der Waals surface area (Å²) in [7, 11) is 2.63. The number of unbranched alkanes of at least 4 members (excludes halogenated alkanes) is 7. The van der Waals surface area contributed by atoms with Crippen LogP contribution in [0, 0.1) is 5.92 Å². The summed E-state index contributed by atoms with van der Waals surface area (Å²) < 4.78 is 16.7. The Morgan fingerprint density at radius 1 is 0.793 bits per heavy atom. The van der Waals surface area contributed by atoms with Gasteiger partial charge in [0, 0.05) is 32.9 Å². The van der Waals surface area contributed by atoms with Crippen LogP contribution in [-0.2, 0) is 13.3 Å². The van der Waals surface area contributed by atoms with Crippen molar-refractivity contribution in [3.63, 3.8) is 0 Å². The maximum Gasteiger partial charge on any atom is 0.500 e. The van der Waals surface area contributed by atoms with Gasteiger partial charge in [0.05, 0.1) is 0 Å². The van der Waals surface area contributed by atoms with Gasteiger partial charge in [-0.3, -0.25) is 0 Å². The first-order valence-electron chi connectivity index (χ1n) is 11.9. The molecule has 4 nitrogen and oxygen atoms in total. The van der Waals surface area contributed by atoms with Crippen molar-refractivity contribution in [1.82, 2.24) is 0 Å². The fourth-order valence-corrected chi connectivity index (χ4v) is 5.80. The Balaban J connectivity index is 4.11. The second-order valence-corrected chi connectivity index (χ2v) is 12.3. The van der Waals surface area contributed by atoms with Gasteiger partial charge in [0.1, 0.15) is 0 Å². The minimum Gasteiger partial charge on any atom is -0.377 e. The fraction of sp³-hybridized carbons (Fsp3) is 0.917. The third-order valence-corrected chi connectivity index (χ3v) is 8.55. The number of rotatable bonds is 20. The van der Waals surface area contributed by atoms with E-state index in [-0.39, 0.29) is 5.54 Å². The molecule has 174 valence electrons. The zero-order valence-corrected chi connectivity index (χ0v) is 21.4. The molecule has 2 N–H and O–H groups in total. The van der Waals surface area contributed by atoms with Crippen molar-refractivity contribution in [2.45, 2.75) is 116 Å². The van der Waals surface area contributed by atoms with Gasteiger partial charge in [0.2, 0.25) is 0 Å². The molecule has 29 heavy (non-hydrogen) atoms. The Morgan fingerprint density at radius 2 is 1.31 bits per heavy atom. The van der Waals surface area contributed by atoms with E-state index in [9.17, 15) is 0 Å². The molecule has 0 aliphatic heterocycles. The van der Waals surface area contributed by atoms with Crippen LogP contribution in [0.15, 0.2) is 12.2 Å². The van der Waals surface area contributed by atoms with Gasteiger partial charge >= 0.3 is 8.80 Å². The van der Waals surface area contributed by atoms with Crippen LogP contribution in [-0.4, -0.2) is 35.7 Å². The molecule has 0 aromatic carbocycles. The van der Waals surface area contributed by atoms with Crippen LogP contribution in [0.1, 0.15) is 104 Å². The van der Waals surface area contributed by atoms with Crippen LogP contribution >= 0.6 is 0 Å². The van der Waals surface area contributed by atoms with Gasteiger partial charge in [-0.05, 0) is 58.3 Å². The lowest BCUT2D eigenvalue weighted by Crippen LogP contribution is -2.42. The summed E-state index contributed by atoms with van der Waals surface area (Å²) in [5, 5.41) is 0. The predicted octanol–water partition coefficient (Wildman–Crippen LogP) is 6.87. The zero-order chi connectivity index (χ0) is 22.0. The van der Waals surface area contributed by atoms with E-state index in [0.29, 0.717) is 5.92 Å². The molecular formula is C24H51NO3Si. The van der Waals surface area contributed by atoms with Crippen molar-refractivity contribution in [3.05, 3.63) is 12.2 Å². The summed E-state index contributed by atoms with van der Waals surface area (Å²) in [5.41, 5.74) is 6.22. The molecule has 1 unspecified atom stereocenters. The van der Waals surface area contributed by atoms with E-state index in [1.807, 2.05) is 0 Å². The molecule has 0 fully saturated rings. The average molecular weight is 430 g/mol. The van der Waals surface area contributed by atoms with E-state index in [0.717, 1.165) is 18.9 Å². The van der Waals surface area contributed by atoms with E-state index in [4.69, 9.17) is 19.0 Å². The van der Waals surface area contributed by atoms with Crippen molar-refractivity contribution in [2.75, 3.05) is 21.3 Å². The van der Waals surface area contributed by atoms with Gasteiger partial charge in [0.25, 0.3) is 0 Å². The molecule has 0 aromatic heterocycles. The highest BCUT2D eigenvalue weighted by atomic mass is 28.4. The van der Waals surface area contributed by atoms with E-state index in [1.165, 1.54) is 70.6 Å². The molecular weight excluding hydrogens is 378 g/mol. The maximum absolute atomic E-state index is 6.33. The van der Waals surface area contributed by atoms with Crippen molar-refractivity contribution in [2.24, 2.45) is 11.7 Å². The van der Waals surface area contributed by atoms with Crippen LogP contribution in [0.3, 0.4) is 0 Å². The SMILES string of the molecule is CCCCCC/C=C\CCCCCC(CCC[Si](OC)(OC)OC)CC(C)(C)N. The highest BCUT2D eigenvalue weighted by Crippen LogP contribution is 2.27. The molecule has 0 amide bonds. The largest absolute Gasteiger partial charge is 0.500 e. The molecule has 0 bridgehead atoms. The Morgan fingerprint density at radius 3 is 1.79 bits per heavy atom. The first-order valence-corrected chi connectivity index (χ1v) is 13.8. The van der Waals surface area contributed by atoms with Crippen LogP contribution < -0.4 is 5.73 Å². The van der Waals surface area contributed by atoms with E-state index in [1.54, 1.807) is 21.3 Å². The zero-order valence-electron chi connectivity index (χ0n) is 20.4. The second-order valence-electron chi connectivity index (χ2n) is 9.21. The Hall–Kier alpha value is -0.203. The lowest BCUT2D eigenvalue weighted by atomic mass is 9.85. The molecule has 0 heterocycles. The lowest BCUT2D eigenvalue weighted by molar-refractivity contribution is 0.122. The quantitative estimate of drug-likeness (QED) is 0.130. The first kappa shape index (κ1) is 28.8. The van der Waals surface area contributed by atoms with Crippen molar-refractivity contribution < 1.29 is 13.3 Å². The summed E-state index contributed by atoms with van der Waals surface area (Å²) >= 11 is 0. The third kappa shape index (κ3) is 16.2. The number of allylic oxidation sites excluding steroid dienone is 2. The standard InChI is InChI=1S/C24H51NO3Si/c1-7-8-9-10-11-12-13-14-15-16-17-19-23(22-24(2,3)25)20-18-21-29(26-4,27-5)28-6/h12-13,23H,7-11,14-22,25H2,1-6H3/b13-12-. The summed E-state index contributed by atoms with van der Waals surface area (Å²) in [4.78, 5) is 0. The maximum atomic E-state index is 6.33. The van der Waals surface area contributed by atoms with Gasteiger partial charge in [-0.25, -0.2) is 0 Å². The predicted molar refractivity (Wildman–Crippen MR) is 128 cm³/mol. The van der Waals surface area contributed by atoms with Crippen LogP contribution in [0.25, 0.3) is 0 Å². The monoisotopic (exact) mass is 429 g/mol. The van der Waals surface area contributed by atoms with Gasteiger partial charge < -0.3 is 19.0 Å². The Labute approximate surface area is 183 Å².